The third-order valence-electron chi connectivity index (χ3n) is 6.87. The minimum atomic E-state index is -0.185. The number of anilines is 2. The van der Waals surface area contributed by atoms with Gasteiger partial charge in [-0.15, -0.1) is 0 Å². The van der Waals surface area contributed by atoms with Gasteiger partial charge in [0.25, 0.3) is 0 Å². The number of fused-ring (bicyclic) bond motifs is 1. The van der Waals surface area contributed by atoms with Crippen molar-refractivity contribution >= 4 is 22.4 Å². The maximum Gasteiger partial charge on any atom is 0.166 e. The highest BCUT2D eigenvalue weighted by Gasteiger charge is 2.41. The average Bonchev–Trinajstić information content (AvgIpc) is 3.73. The van der Waals surface area contributed by atoms with E-state index < -0.39 is 0 Å². The third-order valence-corrected chi connectivity index (χ3v) is 6.87. The number of nitrogen functional groups attached to an aromatic ring is 2. The van der Waals surface area contributed by atoms with Crippen molar-refractivity contribution in [3.63, 3.8) is 0 Å². The molecule has 2 aliphatic carbocycles. The number of hydrogen-bond acceptors (Lipinski definition) is 8. The minimum Gasteiger partial charge on any atom is -0.493 e. The Kier molecular flexibility index (Phi) is 5.72. The van der Waals surface area contributed by atoms with Crippen LogP contribution in [-0.4, -0.2) is 41.4 Å². The topological polar surface area (TPSA) is 118 Å². The zero-order valence-corrected chi connectivity index (χ0v) is 20.4. The van der Waals surface area contributed by atoms with Crippen molar-refractivity contribution < 1.29 is 14.2 Å². The van der Waals surface area contributed by atoms with Crippen molar-refractivity contribution in [2.45, 2.75) is 63.9 Å². The van der Waals surface area contributed by atoms with Crippen LogP contribution in [0.25, 0.3) is 10.9 Å². The highest BCUT2D eigenvalue weighted by atomic mass is 16.5. The van der Waals surface area contributed by atoms with E-state index in [9.17, 15) is 0 Å². The molecule has 8 heteroatoms. The number of methoxy groups -OCH3 is 1. The molecule has 3 aromatic rings. The molecule has 0 amide bonds. The molecular weight excluding hydrogens is 430 g/mol. The van der Waals surface area contributed by atoms with Gasteiger partial charge in [0.2, 0.25) is 0 Å². The van der Waals surface area contributed by atoms with Crippen LogP contribution in [0.3, 0.4) is 0 Å². The van der Waals surface area contributed by atoms with Crippen molar-refractivity contribution in [2.24, 2.45) is 0 Å². The summed E-state index contributed by atoms with van der Waals surface area (Å²) in [6.07, 6.45) is 4.85. The number of ether oxygens (including phenoxy) is 3. The van der Waals surface area contributed by atoms with Crippen LogP contribution >= 0.6 is 0 Å². The normalized spacial score (nSPS) is 17.5. The Morgan fingerprint density at radius 3 is 2.53 bits per heavy atom. The van der Waals surface area contributed by atoms with E-state index in [4.69, 9.17) is 30.7 Å². The number of nitrogens with zero attached hydrogens (tertiary/aromatic N) is 3. The predicted molar refractivity (Wildman–Crippen MR) is 132 cm³/mol. The fourth-order valence-corrected chi connectivity index (χ4v) is 4.44. The van der Waals surface area contributed by atoms with Crippen molar-refractivity contribution in [3.8, 4) is 11.5 Å². The van der Waals surface area contributed by atoms with Gasteiger partial charge in [-0.3, -0.25) is 4.98 Å². The second kappa shape index (κ2) is 8.58. The summed E-state index contributed by atoms with van der Waals surface area (Å²) in [7, 11) is 1.63. The van der Waals surface area contributed by atoms with Crippen LogP contribution < -0.4 is 20.9 Å². The van der Waals surface area contributed by atoms with E-state index in [2.05, 4.69) is 23.8 Å². The Balaban J connectivity index is 1.63. The molecule has 0 spiro atoms. The second-order valence-electron chi connectivity index (χ2n) is 9.78. The molecule has 8 nitrogen and oxygen atoms in total. The average molecular weight is 464 g/mol. The smallest absolute Gasteiger partial charge is 0.166 e. The summed E-state index contributed by atoms with van der Waals surface area (Å²) in [4.78, 5) is 14.1. The van der Waals surface area contributed by atoms with Crippen LogP contribution in [0.15, 0.2) is 18.2 Å². The first-order valence-corrected chi connectivity index (χ1v) is 12.0. The summed E-state index contributed by atoms with van der Waals surface area (Å²) in [5.74, 6) is 2.03. The molecule has 1 atom stereocenters. The number of nitrogens with two attached hydrogens (primary N) is 2. The van der Waals surface area contributed by atoms with Gasteiger partial charge >= 0.3 is 0 Å². The number of aryl methyl sites for hydroxylation is 1. The van der Waals surface area contributed by atoms with E-state index in [1.165, 1.54) is 0 Å². The monoisotopic (exact) mass is 463 g/mol. The van der Waals surface area contributed by atoms with Crippen LogP contribution in [0.5, 0.6) is 11.5 Å². The summed E-state index contributed by atoms with van der Waals surface area (Å²) >= 11 is 0. The second-order valence-corrected chi connectivity index (χ2v) is 9.78. The van der Waals surface area contributed by atoms with Gasteiger partial charge < -0.3 is 25.7 Å². The largest absolute Gasteiger partial charge is 0.493 e. The molecule has 0 bridgehead atoms. The molecule has 2 aliphatic rings. The van der Waals surface area contributed by atoms with E-state index in [1.54, 1.807) is 7.11 Å². The van der Waals surface area contributed by atoms with Crippen LogP contribution in [0, 0.1) is 6.92 Å². The molecule has 0 saturated heterocycles. The summed E-state index contributed by atoms with van der Waals surface area (Å²) in [5, 5.41) is 0.750. The summed E-state index contributed by atoms with van der Waals surface area (Å²) in [6.45, 7) is 7.05. The predicted octanol–water partition coefficient (Wildman–Crippen LogP) is 4.27. The van der Waals surface area contributed by atoms with E-state index in [0.717, 1.165) is 48.0 Å². The molecule has 2 heterocycles. The maximum atomic E-state index is 6.46. The Labute approximate surface area is 200 Å². The molecule has 0 aliphatic heterocycles. The van der Waals surface area contributed by atoms with Crippen LogP contribution in [0.1, 0.15) is 68.2 Å². The van der Waals surface area contributed by atoms with Crippen LogP contribution in [0.4, 0.5) is 11.5 Å². The van der Waals surface area contributed by atoms with E-state index >= 15 is 0 Å². The third kappa shape index (κ3) is 4.34. The van der Waals surface area contributed by atoms with Crippen molar-refractivity contribution in [1.82, 2.24) is 15.0 Å². The molecule has 5 rings (SSSR count). The molecule has 0 radical (unpaired) electrons. The van der Waals surface area contributed by atoms with Gasteiger partial charge in [-0.05, 0) is 44.7 Å². The Morgan fingerprint density at radius 1 is 1.09 bits per heavy atom. The number of aromatic nitrogens is 3. The van der Waals surface area contributed by atoms with Crippen molar-refractivity contribution in [2.75, 3.05) is 31.8 Å². The lowest BCUT2D eigenvalue weighted by Crippen LogP contribution is -2.14. The Hall–Kier alpha value is -3.13. The van der Waals surface area contributed by atoms with Gasteiger partial charge in [-0.1, -0.05) is 13.8 Å². The van der Waals surface area contributed by atoms with E-state index in [1.807, 2.05) is 25.1 Å². The number of rotatable bonds is 9. The number of pyridine rings is 1. The molecule has 1 unspecified atom stereocenters. The first-order valence-electron chi connectivity index (χ1n) is 12.0. The fourth-order valence-electron chi connectivity index (χ4n) is 4.44. The zero-order chi connectivity index (χ0) is 24.0. The van der Waals surface area contributed by atoms with Gasteiger partial charge in [0.05, 0.1) is 36.4 Å². The lowest BCUT2D eigenvalue weighted by atomic mass is 9.91. The van der Waals surface area contributed by atoms with Crippen molar-refractivity contribution in [3.05, 3.63) is 41.0 Å². The van der Waals surface area contributed by atoms with Gasteiger partial charge in [-0.25, -0.2) is 9.97 Å². The molecular formula is C26H33N5O3. The Bertz CT molecular complexity index is 1240. The highest BCUT2D eigenvalue weighted by Crippen LogP contribution is 2.49. The molecule has 180 valence electrons. The number of hydrogen-bond donors (Lipinski definition) is 2. The summed E-state index contributed by atoms with van der Waals surface area (Å²) in [5.41, 5.74) is 17.0. The Morgan fingerprint density at radius 2 is 1.85 bits per heavy atom. The fraction of sp³-hybridized carbons (Fsp3) is 0.500. The highest BCUT2D eigenvalue weighted by molar-refractivity contribution is 5.95. The maximum absolute atomic E-state index is 6.46. The van der Waals surface area contributed by atoms with Gasteiger partial charge in [-0.2, -0.15) is 0 Å². The van der Waals surface area contributed by atoms with Gasteiger partial charge in [0, 0.05) is 34.3 Å². The quantitative estimate of drug-likeness (QED) is 0.452. The van der Waals surface area contributed by atoms with Crippen LogP contribution in [-0.2, 0) is 10.2 Å². The molecule has 2 saturated carbocycles. The number of benzene rings is 1. The minimum absolute atomic E-state index is 0.0963. The van der Waals surface area contributed by atoms with E-state index in [-0.39, 0.29) is 11.3 Å². The zero-order valence-electron chi connectivity index (χ0n) is 20.4. The van der Waals surface area contributed by atoms with E-state index in [0.29, 0.717) is 53.7 Å². The molecule has 2 fully saturated rings. The standard InChI is InChI=1S/C26H33N5O3/c1-14(18-11-16(27)12-21(31-18)26(3)7-8-26)22-23-19(29-15(2)30-25(23)28)13-20(32-4)24(22)34-10-9-33-17-5-6-17/h11-14,17H,5-10H2,1-4H3,(H2,27,31)(H2,28,29,30). The molecule has 4 N–H and O–H groups in total. The molecule has 1 aromatic carbocycles. The van der Waals surface area contributed by atoms with Crippen LogP contribution in [0.2, 0.25) is 0 Å². The SMILES string of the molecule is COc1cc2nc(C)nc(N)c2c(C(C)c2cc(N)cc(C3(C)CC3)n2)c1OCCOC1CC1. The van der Waals surface area contributed by atoms with Gasteiger partial charge in [0.15, 0.2) is 11.5 Å². The van der Waals surface area contributed by atoms with Crippen molar-refractivity contribution in [1.29, 1.82) is 0 Å². The van der Waals surface area contributed by atoms with Gasteiger partial charge in [0.1, 0.15) is 18.2 Å². The first-order chi connectivity index (χ1) is 16.3. The summed E-state index contributed by atoms with van der Waals surface area (Å²) in [6, 6.07) is 5.77. The molecule has 34 heavy (non-hydrogen) atoms. The summed E-state index contributed by atoms with van der Waals surface area (Å²) < 4.78 is 17.8. The first kappa shape index (κ1) is 22.7. The molecule has 2 aromatic heterocycles. The lowest BCUT2D eigenvalue weighted by Gasteiger charge is -2.23. The lowest BCUT2D eigenvalue weighted by molar-refractivity contribution is 0.0868.